The van der Waals surface area contributed by atoms with Gasteiger partial charge in [0.15, 0.2) is 0 Å². The van der Waals surface area contributed by atoms with E-state index < -0.39 is 0 Å². The molecule has 1 radical (unpaired) electrons. The topological polar surface area (TPSA) is 54.2 Å². The number of hydrogen-bond acceptors (Lipinski definition) is 5. The van der Waals surface area contributed by atoms with E-state index in [1.54, 1.807) is 0 Å². The predicted molar refractivity (Wildman–Crippen MR) is 133 cm³/mol. The zero-order valence-corrected chi connectivity index (χ0v) is 19.1. The molecular weight excluding hydrogens is 410 g/mol. The fourth-order valence-electron chi connectivity index (χ4n) is 5.20. The number of aromatic nitrogens is 4. The maximum Gasteiger partial charge on any atom is 0.143 e. The van der Waals surface area contributed by atoms with Gasteiger partial charge in [0.05, 0.1) is 5.69 Å². The number of nitrogens with one attached hydrogen (secondary N) is 1. The van der Waals surface area contributed by atoms with Crippen LogP contribution in [0.25, 0.3) is 22.3 Å². The first-order valence-electron chi connectivity index (χ1n) is 11.9. The van der Waals surface area contributed by atoms with Gasteiger partial charge < -0.3 is 19.7 Å². The summed E-state index contributed by atoms with van der Waals surface area (Å²) < 4.78 is 4.29. The van der Waals surface area contributed by atoms with Crippen LogP contribution in [-0.2, 0) is 7.05 Å². The normalized spacial score (nSPS) is 17.7. The average Bonchev–Trinajstić information content (AvgIpc) is 3.48. The van der Waals surface area contributed by atoms with Crippen molar-refractivity contribution < 1.29 is 0 Å². The minimum atomic E-state index is 0.473. The molecule has 0 bridgehead atoms. The molecule has 7 heteroatoms. The van der Waals surface area contributed by atoms with Gasteiger partial charge in [0, 0.05) is 68.3 Å². The van der Waals surface area contributed by atoms with Crippen molar-refractivity contribution in [1.29, 1.82) is 0 Å². The maximum absolute atomic E-state index is 5.24. The fourth-order valence-corrected chi connectivity index (χ4v) is 5.20. The molecule has 0 spiro atoms. The van der Waals surface area contributed by atoms with E-state index in [1.165, 1.54) is 16.6 Å². The zero-order chi connectivity index (χ0) is 22.2. The lowest BCUT2D eigenvalue weighted by Gasteiger charge is -2.36. The summed E-state index contributed by atoms with van der Waals surface area (Å²) in [6, 6.07) is 18.4. The second-order valence-corrected chi connectivity index (χ2v) is 9.08. The number of hydrogen-bond donors (Lipinski definition) is 1. The SMILES string of the molecule is Cn1ccc(-c2cn(C3CCNCC3)c3nc(N4CCN(c5cc[c]cc5)CC4)ccc23)n1. The highest BCUT2D eigenvalue weighted by Gasteiger charge is 2.23. The molecule has 0 amide bonds. The van der Waals surface area contributed by atoms with Crippen LogP contribution in [0.1, 0.15) is 18.9 Å². The molecular formula is C26H30N7. The van der Waals surface area contributed by atoms with E-state index in [-0.39, 0.29) is 0 Å². The summed E-state index contributed by atoms with van der Waals surface area (Å²) in [5, 5.41) is 9.36. The smallest absolute Gasteiger partial charge is 0.143 e. The highest BCUT2D eigenvalue weighted by Crippen LogP contribution is 2.34. The van der Waals surface area contributed by atoms with Crippen molar-refractivity contribution in [2.75, 3.05) is 49.1 Å². The van der Waals surface area contributed by atoms with Crippen molar-refractivity contribution in [2.45, 2.75) is 18.9 Å². The molecule has 0 saturated carbocycles. The van der Waals surface area contributed by atoms with Crippen molar-refractivity contribution in [3.63, 3.8) is 0 Å². The van der Waals surface area contributed by atoms with E-state index >= 15 is 0 Å². The lowest BCUT2D eigenvalue weighted by atomic mass is 10.1. The lowest BCUT2D eigenvalue weighted by Crippen LogP contribution is -2.46. The molecule has 33 heavy (non-hydrogen) atoms. The Morgan fingerprint density at radius 1 is 0.939 bits per heavy atom. The second-order valence-electron chi connectivity index (χ2n) is 9.08. The minimum Gasteiger partial charge on any atom is -0.368 e. The van der Waals surface area contributed by atoms with Crippen LogP contribution in [-0.4, -0.2) is 58.6 Å². The number of anilines is 2. The Morgan fingerprint density at radius 2 is 1.70 bits per heavy atom. The van der Waals surface area contributed by atoms with E-state index in [2.05, 4.69) is 67.4 Å². The molecule has 0 unspecified atom stereocenters. The van der Waals surface area contributed by atoms with Gasteiger partial charge >= 0.3 is 0 Å². The third-order valence-corrected chi connectivity index (χ3v) is 7.02. The summed E-state index contributed by atoms with van der Waals surface area (Å²) in [6.07, 6.45) is 6.55. The molecule has 169 valence electrons. The second kappa shape index (κ2) is 8.56. The average molecular weight is 441 g/mol. The Hall–Kier alpha value is -3.32. The van der Waals surface area contributed by atoms with Crippen molar-refractivity contribution in [3.8, 4) is 11.3 Å². The summed E-state index contributed by atoms with van der Waals surface area (Å²) in [6.45, 7) is 6.05. The summed E-state index contributed by atoms with van der Waals surface area (Å²) >= 11 is 0. The first-order valence-corrected chi connectivity index (χ1v) is 11.9. The molecule has 0 aliphatic carbocycles. The van der Waals surface area contributed by atoms with E-state index in [9.17, 15) is 0 Å². The molecule has 4 aromatic rings. The number of aryl methyl sites for hydroxylation is 1. The van der Waals surface area contributed by atoms with Gasteiger partial charge in [0.2, 0.25) is 0 Å². The monoisotopic (exact) mass is 440 g/mol. The van der Waals surface area contributed by atoms with Crippen molar-refractivity contribution in [2.24, 2.45) is 7.05 Å². The molecule has 2 fully saturated rings. The number of piperidine rings is 1. The van der Waals surface area contributed by atoms with Crippen molar-refractivity contribution >= 4 is 22.5 Å². The van der Waals surface area contributed by atoms with Gasteiger partial charge in [0.1, 0.15) is 11.5 Å². The van der Waals surface area contributed by atoms with Crippen LogP contribution in [0.15, 0.2) is 54.9 Å². The quantitative estimate of drug-likeness (QED) is 0.527. The molecule has 2 aliphatic rings. The molecule has 0 atom stereocenters. The van der Waals surface area contributed by atoms with Gasteiger partial charge in [-0.05, 0) is 62.3 Å². The summed E-state index contributed by atoms with van der Waals surface area (Å²) in [7, 11) is 1.97. The van der Waals surface area contributed by atoms with E-state index in [0.29, 0.717) is 6.04 Å². The first-order chi connectivity index (χ1) is 16.3. The van der Waals surface area contributed by atoms with Gasteiger partial charge in [-0.2, -0.15) is 5.10 Å². The third-order valence-electron chi connectivity index (χ3n) is 7.02. The van der Waals surface area contributed by atoms with Crippen LogP contribution < -0.4 is 15.1 Å². The molecule has 2 saturated heterocycles. The van der Waals surface area contributed by atoms with Gasteiger partial charge in [-0.25, -0.2) is 4.98 Å². The van der Waals surface area contributed by atoms with Gasteiger partial charge in [-0.1, -0.05) is 12.1 Å². The number of nitrogens with zero attached hydrogens (tertiary/aromatic N) is 6. The Bertz CT molecular complexity index is 1230. The van der Waals surface area contributed by atoms with Gasteiger partial charge in [0.25, 0.3) is 0 Å². The largest absolute Gasteiger partial charge is 0.368 e. The summed E-state index contributed by atoms with van der Waals surface area (Å²) in [5.74, 6) is 1.07. The molecule has 1 N–H and O–H groups in total. The highest BCUT2D eigenvalue weighted by atomic mass is 15.3. The van der Waals surface area contributed by atoms with Crippen LogP contribution in [0.2, 0.25) is 0 Å². The molecule has 1 aromatic carbocycles. The van der Waals surface area contributed by atoms with E-state index in [0.717, 1.165) is 69.3 Å². The van der Waals surface area contributed by atoms with Crippen molar-refractivity contribution in [1.82, 2.24) is 24.6 Å². The standard InChI is InChI=1S/C26H30N7/c1-30-14-11-24(29-30)23-19-33(21-9-12-27-13-10-21)26-22(23)7-8-25(28-26)32-17-15-31(16-18-32)20-5-3-2-4-6-20/h3-8,11,14,19,21,27H,9-10,12-13,15-18H2,1H3. The highest BCUT2D eigenvalue weighted by molar-refractivity contribution is 5.94. The van der Waals surface area contributed by atoms with Gasteiger partial charge in [-0.3, -0.25) is 4.68 Å². The zero-order valence-electron chi connectivity index (χ0n) is 19.1. The summed E-state index contributed by atoms with van der Waals surface area (Å²) in [4.78, 5) is 10.1. The number of piperazine rings is 1. The Morgan fingerprint density at radius 3 is 2.42 bits per heavy atom. The Labute approximate surface area is 194 Å². The number of benzene rings is 1. The summed E-state index contributed by atoms with van der Waals surface area (Å²) in [5.41, 5.74) is 4.55. The van der Waals surface area contributed by atoms with Crippen LogP contribution in [0.3, 0.4) is 0 Å². The minimum absolute atomic E-state index is 0.473. The maximum atomic E-state index is 5.24. The van der Waals surface area contributed by atoms with E-state index in [4.69, 9.17) is 4.98 Å². The van der Waals surface area contributed by atoms with Gasteiger partial charge in [-0.15, -0.1) is 0 Å². The Balaban J connectivity index is 1.32. The van der Waals surface area contributed by atoms with Crippen LogP contribution >= 0.6 is 0 Å². The lowest BCUT2D eigenvalue weighted by molar-refractivity contribution is 0.375. The van der Waals surface area contributed by atoms with Crippen LogP contribution in [0, 0.1) is 6.07 Å². The third kappa shape index (κ3) is 3.86. The number of rotatable bonds is 4. The van der Waals surface area contributed by atoms with E-state index in [1.807, 2.05) is 30.1 Å². The van der Waals surface area contributed by atoms with Crippen LogP contribution in [0.5, 0.6) is 0 Å². The predicted octanol–water partition coefficient (Wildman–Crippen LogP) is 3.49. The molecule has 5 heterocycles. The molecule has 2 aliphatic heterocycles. The molecule has 7 nitrogen and oxygen atoms in total. The number of fused-ring (bicyclic) bond motifs is 1. The van der Waals surface area contributed by atoms with Crippen LogP contribution in [0.4, 0.5) is 11.5 Å². The molecule has 3 aromatic heterocycles. The fraction of sp³-hybridized carbons (Fsp3) is 0.385. The Kier molecular flexibility index (Phi) is 5.26. The molecule has 6 rings (SSSR count). The van der Waals surface area contributed by atoms with Crippen molar-refractivity contribution in [3.05, 3.63) is 60.9 Å². The first kappa shape index (κ1) is 20.3. The number of pyridine rings is 1.